The molecule has 5 aromatic rings. The molecule has 0 aliphatic carbocycles. The number of ether oxygens (including phenoxy) is 2. The van der Waals surface area contributed by atoms with Crippen LogP contribution in [-0.2, 0) is 0 Å². The van der Waals surface area contributed by atoms with Gasteiger partial charge in [-0.05, 0) is 60.4 Å². The maximum Gasteiger partial charge on any atom is 0.128 e. The highest BCUT2D eigenvalue weighted by molar-refractivity contribution is 5.89. The number of hydrogen-bond acceptors (Lipinski definition) is 2. The van der Waals surface area contributed by atoms with Crippen LogP contribution in [0.5, 0.6) is 11.5 Å². The predicted molar refractivity (Wildman–Crippen MR) is 154 cm³/mol. The Balaban J connectivity index is 1.83. The SMILES string of the molecule is CCCOc1ccc(OCCC)c(-c2cc(-c3ccccc3)c(-c3ccccc3)n2-c2ccccc2)c1. The number of hydrogen-bond donors (Lipinski definition) is 0. The van der Waals surface area contributed by atoms with Gasteiger partial charge in [0.05, 0.1) is 24.6 Å². The van der Waals surface area contributed by atoms with E-state index in [1.165, 1.54) is 11.1 Å². The fourth-order valence-corrected chi connectivity index (χ4v) is 4.63. The Morgan fingerprint density at radius 1 is 0.568 bits per heavy atom. The van der Waals surface area contributed by atoms with E-state index >= 15 is 0 Å². The summed E-state index contributed by atoms with van der Waals surface area (Å²) in [4.78, 5) is 0. The summed E-state index contributed by atoms with van der Waals surface area (Å²) in [5, 5.41) is 0. The van der Waals surface area contributed by atoms with Gasteiger partial charge in [-0.3, -0.25) is 0 Å². The molecule has 0 fully saturated rings. The standard InChI is InChI=1S/C34H33NO2/c1-3-22-36-29-20-21-33(37-23-4-2)31(24-29)32-25-30(26-14-8-5-9-15-26)34(27-16-10-6-11-17-27)35(32)28-18-12-7-13-19-28/h5-21,24-25H,3-4,22-23H2,1-2H3. The smallest absolute Gasteiger partial charge is 0.128 e. The maximum atomic E-state index is 6.28. The minimum atomic E-state index is 0.658. The molecule has 1 aromatic heterocycles. The first-order valence-corrected chi connectivity index (χ1v) is 13.1. The molecule has 0 aliphatic heterocycles. The molecule has 186 valence electrons. The van der Waals surface area contributed by atoms with Gasteiger partial charge in [0.15, 0.2) is 0 Å². The van der Waals surface area contributed by atoms with Crippen molar-refractivity contribution in [2.24, 2.45) is 0 Å². The molecule has 0 atom stereocenters. The molecule has 0 aliphatic rings. The van der Waals surface area contributed by atoms with Gasteiger partial charge in [0.1, 0.15) is 11.5 Å². The average Bonchev–Trinajstić information content (AvgIpc) is 3.37. The zero-order chi connectivity index (χ0) is 25.5. The molecule has 0 radical (unpaired) electrons. The van der Waals surface area contributed by atoms with Gasteiger partial charge in [0.25, 0.3) is 0 Å². The predicted octanol–water partition coefficient (Wildman–Crippen LogP) is 9.06. The van der Waals surface area contributed by atoms with Crippen LogP contribution in [0.15, 0.2) is 115 Å². The normalized spacial score (nSPS) is 10.9. The summed E-state index contributed by atoms with van der Waals surface area (Å²) < 4.78 is 14.7. The lowest BCUT2D eigenvalue weighted by atomic mass is 10.0. The third kappa shape index (κ3) is 5.31. The van der Waals surface area contributed by atoms with E-state index in [2.05, 4.69) is 122 Å². The van der Waals surface area contributed by atoms with Crippen LogP contribution in [0.25, 0.3) is 39.3 Å². The van der Waals surface area contributed by atoms with Crippen molar-refractivity contribution in [2.75, 3.05) is 13.2 Å². The molecule has 5 rings (SSSR count). The zero-order valence-corrected chi connectivity index (χ0v) is 21.6. The Hall–Kier alpha value is -4.24. The molecule has 37 heavy (non-hydrogen) atoms. The van der Waals surface area contributed by atoms with Crippen LogP contribution in [0.4, 0.5) is 0 Å². The first kappa shape index (κ1) is 24.5. The second kappa shape index (κ2) is 11.7. The van der Waals surface area contributed by atoms with Gasteiger partial charge in [0, 0.05) is 16.8 Å². The Kier molecular flexibility index (Phi) is 7.71. The number of nitrogens with zero attached hydrogens (tertiary/aromatic N) is 1. The topological polar surface area (TPSA) is 23.4 Å². The van der Waals surface area contributed by atoms with Crippen molar-refractivity contribution in [3.05, 3.63) is 115 Å². The van der Waals surface area contributed by atoms with Crippen molar-refractivity contribution >= 4 is 0 Å². The lowest BCUT2D eigenvalue weighted by Gasteiger charge is -2.18. The Morgan fingerprint density at radius 3 is 1.81 bits per heavy atom. The average molecular weight is 488 g/mol. The number of benzene rings is 4. The van der Waals surface area contributed by atoms with Gasteiger partial charge in [-0.2, -0.15) is 0 Å². The van der Waals surface area contributed by atoms with Crippen molar-refractivity contribution in [3.63, 3.8) is 0 Å². The van der Waals surface area contributed by atoms with Crippen molar-refractivity contribution < 1.29 is 9.47 Å². The summed E-state index contributed by atoms with van der Waals surface area (Å²) in [5.41, 5.74) is 7.83. The summed E-state index contributed by atoms with van der Waals surface area (Å²) >= 11 is 0. The van der Waals surface area contributed by atoms with E-state index < -0.39 is 0 Å². The number of para-hydroxylation sites is 1. The fourth-order valence-electron chi connectivity index (χ4n) is 4.63. The molecule has 1 heterocycles. The van der Waals surface area contributed by atoms with Crippen molar-refractivity contribution in [1.82, 2.24) is 4.57 Å². The first-order chi connectivity index (χ1) is 18.3. The van der Waals surface area contributed by atoms with E-state index in [0.29, 0.717) is 13.2 Å². The highest BCUT2D eigenvalue weighted by Crippen LogP contribution is 2.44. The molecule has 0 saturated carbocycles. The van der Waals surface area contributed by atoms with Crippen LogP contribution in [0.2, 0.25) is 0 Å². The Morgan fingerprint density at radius 2 is 1.16 bits per heavy atom. The lowest BCUT2D eigenvalue weighted by Crippen LogP contribution is -2.03. The van der Waals surface area contributed by atoms with Crippen molar-refractivity contribution in [1.29, 1.82) is 0 Å². The van der Waals surface area contributed by atoms with Crippen LogP contribution in [0.3, 0.4) is 0 Å². The van der Waals surface area contributed by atoms with E-state index in [1.807, 2.05) is 12.1 Å². The Bertz CT molecular complexity index is 1420. The quantitative estimate of drug-likeness (QED) is 0.196. The zero-order valence-electron chi connectivity index (χ0n) is 21.6. The maximum absolute atomic E-state index is 6.28. The van der Waals surface area contributed by atoms with Crippen LogP contribution in [0.1, 0.15) is 26.7 Å². The molecule has 0 spiro atoms. The van der Waals surface area contributed by atoms with E-state index in [1.54, 1.807) is 0 Å². The molecule has 3 nitrogen and oxygen atoms in total. The third-order valence-corrected chi connectivity index (χ3v) is 6.31. The summed E-state index contributed by atoms with van der Waals surface area (Å²) in [6.45, 7) is 5.59. The summed E-state index contributed by atoms with van der Waals surface area (Å²) in [6.07, 6.45) is 1.90. The van der Waals surface area contributed by atoms with E-state index in [4.69, 9.17) is 9.47 Å². The molecule has 0 bridgehead atoms. The molecular weight excluding hydrogens is 454 g/mol. The van der Waals surface area contributed by atoms with Gasteiger partial charge in [-0.25, -0.2) is 0 Å². The Labute approximate surface area is 219 Å². The fraction of sp³-hybridized carbons (Fsp3) is 0.176. The van der Waals surface area contributed by atoms with Crippen LogP contribution in [-0.4, -0.2) is 17.8 Å². The van der Waals surface area contributed by atoms with Crippen LogP contribution >= 0.6 is 0 Å². The minimum Gasteiger partial charge on any atom is -0.494 e. The molecule has 4 aromatic carbocycles. The third-order valence-electron chi connectivity index (χ3n) is 6.31. The molecule has 0 saturated heterocycles. The lowest BCUT2D eigenvalue weighted by molar-refractivity contribution is 0.309. The molecular formula is C34H33NO2. The summed E-state index contributed by atoms with van der Waals surface area (Å²) in [5.74, 6) is 1.71. The van der Waals surface area contributed by atoms with Gasteiger partial charge >= 0.3 is 0 Å². The summed E-state index contributed by atoms with van der Waals surface area (Å²) in [7, 11) is 0. The van der Waals surface area contributed by atoms with Gasteiger partial charge in [0.2, 0.25) is 0 Å². The van der Waals surface area contributed by atoms with Gasteiger partial charge in [-0.1, -0.05) is 92.7 Å². The van der Waals surface area contributed by atoms with Crippen LogP contribution < -0.4 is 9.47 Å². The first-order valence-electron chi connectivity index (χ1n) is 13.1. The monoisotopic (exact) mass is 487 g/mol. The van der Waals surface area contributed by atoms with Crippen molar-refractivity contribution in [2.45, 2.75) is 26.7 Å². The summed E-state index contributed by atoms with van der Waals surface area (Å²) in [6, 6.07) is 40.3. The van der Waals surface area contributed by atoms with E-state index in [-0.39, 0.29) is 0 Å². The van der Waals surface area contributed by atoms with Gasteiger partial charge in [-0.15, -0.1) is 0 Å². The van der Waals surface area contributed by atoms with Crippen LogP contribution in [0, 0.1) is 0 Å². The van der Waals surface area contributed by atoms with E-state index in [0.717, 1.165) is 52.5 Å². The molecule has 3 heteroatoms. The molecule has 0 unspecified atom stereocenters. The highest BCUT2D eigenvalue weighted by atomic mass is 16.5. The van der Waals surface area contributed by atoms with Crippen molar-refractivity contribution in [3.8, 4) is 50.8 Å². The van der Waals surface area contributed by atoms with Gasteiger partial charge < -0.3 is 14.0 Å². The molecule has 0 amide bonds. The largest absolute Gasteiger partial charge is 0.494 e. The minimum absolute atomic E-state index is 0.658. The number of rotatable bonds is 10. The number of aromatic nitrogens is 1. The second-order valence-electron chi connectivity index (χ2n) is 9.05. The van der Waals surface area contributed by atoms with E-state index in [9.17, 15) is 0 Å². The molecule has 0 N–H and O–H groups in total. The highest BCUT2D eigenvalue weighted by Gasteiger charge is 2.23. The second-order valence-corrected chi connectivity index (χ2v) is 9.05.